The molecule has 0 saturated carbocycles. The first-order valence-electron chi connectivity index (χ1n) is 7.67. The van der Waals surface area contributed by atoms with Gasteiger partial charge in [-0.3, -0.25) is 0 Å². The third-order valence-corrected chi connectivity index (χ3v) is 4.20. The molecule has 1 aliphatic heterocycles. The van der Waals surface area contributed by atoms with Crippen molar-refractivity contribution in [3.05, 3.63) is 53.6 Å². The van der Waals surface area contributed by atoms with Gasteiger partial charge in [0.1, 0.15) is 5.69 Å². The fraction of sp³-hybridized carbons (Fsp3) is 0.222. The predicted octanol–water partition coefficient (Wildman–Crippen LogP) is 3.79. The van der Waals surface area contributed by atoms with Gasteiger partial charge in [-0.05, 0) is 18.2 Å². The monoisotopic (exact) mass is 325 g/mol. The van der Waals surface area contributed by atoms with Crippen molar-refractivity contribution in [3.8, 4) is 11.3 Å². The first kappa shape index (κ1) is 14.4. The number of aromatic nitrogens is 2. The molecule has 1 aliphatic rings. The largest absolute Gasteiger partial charge is 0.378 e. The summed E-state index contributed by atoms with van der Waals surface area (Å²) in [6.07, 6.45) is 0. The van der Waals surface area contributed by atoms with Gasteiger partial charge in [-0.25, -0.2) is 9.97 Å². The Labute approximate surface area is 139 Å². The van der Waals surface area contributed by atoms with Crippen LogP contribution in [0.5, 0.6) is 0 Å². The van der Waals surface area contributed by atoms with Crippen LogP contribution in [0.2, 0.25) is 5.02 Å². The van der Waals surface area contributed by atoms with E-state index in [1.807, 2.05) is 36.4 Å². The summed E-state index contributed by atoms with van der Waals surface area (Å²) in [5.41, 5.74) is 3.62. The Bertz CT molecular complexity index is 832. The summed E-state index contributed by atoms with van der Waals surface area (Å²) in [5, 5.41) is 0.671. The zero-order chi connectivity index (χ0) is 15.6. The van der Waals surface area contributed by atoms with Crippen molar-refractivity contribution in [1.29, 1.82) is 0 Å². The summed E-state index contributed by atoms with van der Waals surface area (Å²) in [6.45, 7) is 3.09. The molecule has 0 amide bonds. The van der Waals surface area contributed by atoms with Gasteiger partial charge in [-0.15, -0.1) is 0 Å². The number of fused-ring (bicyclic) bond motifs is 1. The average Bonchev–Trinajstić information content (AvgIpc) is 2.62. The highest BCUT2D eigenvalue weighted by atomic mass is 35.5. The number of rotatable bonds is 2. The molecule has 0 spiro atoms. The van der Waals surface area contributed by atoms with Crippen LogP contribution in [0.15, 0.2) is 48.5 Å². The lowest BCUT2D eigenvalue weighted by Gasteiger charge is -2.29. The van der Waals surface area contributed by atoms with E-state index in [1.165, 1.54) is 0 Å². The van der Waals surface area contributed by atoms with Crippen LogP contribution in [0.3, 0.4) is 0 Å². The predicted molar refractivity (Wildman–Crippen MR) is 93.0 cm³/mol. The lowest BCUT2D eigenvalue weighted by molar-refractivity contribution is 0.122. The fourth-order valence-corrected chi connectivity index (χ4v) is 2.97. The Morgan fingerprint density at radius 2 is 1.70 bits per heavy atom. The van der Waals surface area contributed by atoms with Gasteiger partial charge in [0.15, 0.2) is 5.82 Å². The van der Waals surface area contributed by atoms with E-state index < -0.39 is 0 Å². The molecule has 3 aromatic rings. The molecular weight excluding hydrogens is 310 g/mol. The lowest BCUT2D eigenvalue weighted by atomic mass is 10.1. The third-order valence-electron chi connectivity index (χ3n) is 3.97. The van der Waals surface area contributed by atoms with Gasteiger partial charge in [-0.2, -0.15) is 0 Å². The van der Waals surface area contributed by atoms with E-state index in [2.05, 4.69) is 17.0 Å². The molecule has 4 nitrogen and oxygen atoms in total. The number of hydrogen-bond acceptors (Lipinski definition) is 4. The molecule has 23 heavy (non-hydrogen) atoms. The molecule has 4 rings (SSSR count). The summed E-state index contributed by atoms with van der Waals surface area (Å²) in [5.74, 6) is 0.911. The van der Waals surface area contributed by atoms with Crippen LogP contribution in [0.25, 0.3) is 22.3 Å². The van der Waals surface area contributed by atoms with Gasteiger partial charge in [0.2, 0.25) is 0 Å². The highest BCUT2D eigenvalue weighted by molar-refractivity contribution is 6.31. The molecule has 0 radical (unpaired) electrons. The van der Waals surface area contributed by atoms with Crippen LogP contribution in [-0.4, -0.2) is 36.3 Å². The third kappa shape index (κ3) is 2.87. The molecule has 116 valence electrons. The standard InChI is InChI=1S/C18H16ClN3O/c19-14-6-7-15-16(12-14)20-17(13-4-2-1-3-5-13)18(21-15)22-8-10-23-11-9-22/h1-7,12H,8-11H2. The molecule has 2 heterocycles. The molecule has 0 aliphatic carbocycles. The minimum absolute atomic E-state index is 0.671. The van der Waals surface area contributed by atoms with E-state index >= 15 is 0 Å². The second-order valence-electron chi connectivity index (χ2n) is 5.49. The molecule has 5 heteroatoms. The van der Waals surface area contributed by atoms with Crippen LogP contribution in [0.4, 0.5) is 5.82 Å². The minimum Gasteiger partial charge on any atom is -0.378 e. The van der Waals surface area contributed by atoms with E-state index in [4.69, 9.17) is 26.3 Å². The number of ether oxygens (including phenoxy) is 1. The van der Waals surface area contributed by atoms with Gasteiger partial charge in [-0.1, -0.05) is 41.9 Å². The summed E-state index contributed by atoms with van der Waals surface area (Å²) in [7, 11) is 0. The van der Waals surface area contributed by atoms with Gasteiger partial charge in [0.05, 0.1) is 24.2 Å². The second kappa shape index (κ2) is 6.14. The van der Waals surface area contributed by atoms with Crippen LogP contribution >= 0.6 is 11.6 Å². The number of morpholine rings is 1. The van der Waals surface area contributed by atoms with Crippen LogP contribution in [0, 0.1) is 0 Å². The number of hydrogen-bond donors (Lipinski definition) is 0. The molecular formula is C18H16ClN3O. The van der Waals surface area contributed by atoms with Crippen molar-refractivity contribution in [2.45, 2.75) is 0 Å². The van der Waals surface area contributed by atoms with Gasteiger partial charge >= 0.3 is 0 Å². The summed E-state index contributed by atoms with van der Waals surface area (Å²) < 4.78 is 5.46. The van der Waals surface area contributed by atoms with E-state index in [1.54, 1.807) is 0 Å². The van der Waals surface area contributed by atoms with Gasteiger partial charge < -0.3 is 9.64 Å². The second-order valence-corrected chi connectivity index (χ2v) is 5.93. The van der Waals surface area contributed by atoms with Crippen LogP contribution in [0.1, 0.15) is 0 Å². The lowest BCUT2D eigenvalue weighted by Crippen LogP contribution is -2.37. The fourth-order valence-electron chi connectivity index (χ4n) is 2.80. The number of anilines is 1. The highest BCUT2D eigenvalue weighted by Gasteiger charge is 2.19. The van der Waals surface area contributed by atoms with Crippen molar-refractivity contribution in [1.82, 2.24) is 9.97 Å². The smallest absolute Gasteiger partial charge is 0.156 e. The maximum absolute atomic E-state index is 6.11. The topological polar surface area (TPSA) is 38.2 Å². The normalized spacial score (nSPS) is 15.1. The first-order valence-corrected chi connectivity index (χ1v) is 8.04. The van der Waals surface area contributed by atoms with Crippen molar-refractivity contribution in [2.75, 3.05) is 31.2 Å². The Morgan fingerprint density at radius 1 is 0.913 bits per heavy atom. The SMILES string of the molecule is Clc1ccc2nc(N3CCOCC3)c(-c3ccccc3)nc2c1. The van der Waals surface area contributed by atoms with Crippen LogP contribution in [-0.2, 0) is 4.74 Å². The molecule has 1 saturated heterocycles. The summed E-state index contributed by atoms with van der Waals surface area (Å²) >= 11 is 6.11. The van der Waals surface area contributed by atoms with E-state index in [-0.39, 0.29) is 0 Å². The Morgan fingerprint density at radius 3 is 2.48 bits per heavy atom. The van der Waals surface area contributed by atoms with Crippen molar-refractivity contribution in [3.63, 3.8) is 0 Å². The quantitative estimate of drug-likeness (QED) is 0.718. The highest BCUT2D eigenvalue weighted by Crippen LogP contribution is 2.30. The van der Waals surface area contributed by atoms with Crippen molar-refractivity contribution in [2.24, 2.45) is 0 Å². The van der Waals surface area contributed by atoms with Gasteiger partial charge in [0.25, 0.3) is 0 Å². The molecule has 1 fully saturated rings. The average molecular weight is 326 g/mol. The summed E-state index contributed by atoms with van der Waals surface area (Å²) in [4.78, 5) is 12.0. The molecule has 0 atom stereocenters. The minimum atomic E-state index is 0.671. The molecule has 2 aromatic carbocycles. The number of benzene rings is 2. The molecule has 0 N–H and O–H groups in total. The Hall–Kier alpha value is -2.17. The number of nitrogens with zero attached hydrogens (tertiary/aromatic N) is 3. The zero-order valence-corrected chi connectivity index (χ0v) is 13.3. The van der Waals surface area contributed by atoms with E-state index in [9.17, 15) is 0 Å². The van der Waals surface area contributed by atoms with Gasteiger partial charge in [0, 0.05) is 23.7 Å². The van der Waals surface area contributed by atoms with E-state index in [0.29, 0.717) is 18.2 Å². The summed E-state index contributed by atoms with van der Waals surface area (Å²) in [6, 6.07) is 15.8. The Kier molecular flexibility index (Phi) is 3.85. The van der Waals surface area contributed by atoms with E-state index in [0.717, 1.165) is 41.2 Å². The first-order chi connectivity index (χ1) is 11.3. The number of halogens is 1. The molecule has 0 bridgehead atoms. The zero-order valence-electron chi connectivity index (χ0n) is 12.6. The maximum atomic E-state index is 6.11. The Balaban J connectivity index is 1.92. The van der Waals surface area contributed by atoms with Crippen molar-refractivity contribution < 1.29 is 4.74 Å². The molecule has 0 unspecified atom stereocenters. The maximum Gasteiger partial charge on any atom is 0.156 e. The van der Waals surface area contributed by atoms with Crippen molar-refractivity contribution >= 4 is 28.5 Å². The molecule has 1 aromatic heterocycles. The van der Waals surface area contributed by atoms with Crippen LogP contribution < -0.4 is 4.90 Å².